The molecular weight excluding hydrogens is 467 g/mol. The lowest BCUT2D eigenvalue weighted by Gasteiger charge is -2.19. The lowest BCUT2D eigenvalue weighted by molar-refractivity contribution is -0.137. The van der Waals surface area contributed by atoms with Crippen molar-refractivity contribution in [1.82, 2.24) is 19.5 Å². The van der Waals surface area contributed by atoms with E-state index in [1.165, 1.54) is 24.7 Å². The molecule has 0 radical (unpaired) electrons. The van der Waals surface area contributed by atoms with Gasteiger partial charge in [0.05, 0.1) is 5.56 Å². The maximum atomic E-state index is 12.8. The number of carbonyl (C=O) groups excluding carboxylic acids is 1. The predicted octanol–water partition coefficient (Wildman–Crippen LogP) is 3.28. The highest BCUT2D eigenvalue weighted by atomic mass is 19.4. The van der Waals surface area contributed by atoms with Crippen LogP contribution in [0.1, 0.15) is 5.56 Å². The summed E-state index contributed by atoms with van der Waals surface area (Å²) < 4.78 is 50.4. The molecule has 1 aliphatic heterocycles. The molecule has 0 saturated heterocycles. The van der Waals surface area contributed by atoms with Crippen molar-refractivity contribution in [2.45, 2.75) is 12.7 Å². The van der Waals surface area contributed by atoms with Gasteiger partial charge in [-0.3, -0.25) is 14.2 Å². The van der Waals surface area contributed by atoms with Crippen LogP contribution in [0.25, 0.3) is 22.4 Å². The van der Waals surface area contributed by atoms with E-state index in [1.54, 1.807) is 18.2 Å². The molecule has 0 unspecified atom stereocenters. The monoisotopic (exact) mass is 483 g/mol. The van der Waals surface area contributed by atoms with Gasteiger partial charge in [-0.25, -0.2) is 15.0 Å². The number of hydrogen-bond donors (Lipinski definition) is 1. The number of carbonyl (C=O) groups is 1. The fourth-order valence-electron chi connectivity index (χ4n) is 3.49. The van der Waals surface area contributed by atoms with E-state index in [2.05, 4.69) is 20.3 Å². The molecule has 0 atom stereocenters. The van der Waals surface area contributed by atoms with E-state index in [1.807, 2.05) is 0 Å². The molecule has 12 heteroatoms. The summed E-state index contributed by atoms with van der Waals surface area (Å²) in [4.78, 5) is 37.7. The van der Waals surface area contributed by atoms with Crippen LogP contribution in [-0.2, 0) is 17.5 Å². The van der Waals surface area contributed by atoms with Crippen molar-refractivity contribution < 1.29 is 27.4 Å². The first kappa shape index (κ1) is 22.3. The van der Waals surface area contributed by atoms with Crippen LogP contribution in [0.15, 0.2) is 59.8 Å². The summed E-state index contributed by atoms with van der Waals surface area (Å²) in [5.41, 5.74) is -0.456. The van der Waals surface area contributed by atoms with Gasteiger partial charge in [0.1, 0.15) is 31.5 Å². The number of ether oxygens (including phenoxy) is 2. The zero-order valence-corrected chi connectivity index (χ0v) is 17.9. The molecule has 9 nitrogen and oxygen atoms in total. The van der Waals surface area contributed by atoms with E-state index >= 15 is 0 Å². The van der Waals surface area contributed by atoms with Gasteiger partial charge in [0, 0.05) is 23.5 Å². The number of halogens is 3. The molecule has 2 aromatic carbocycles. The number of alkyl halides is 3. The molecule has 5 rings (SSSR count). The van der Waals surface area contributed by atoms with Crippen LogP contribution >= 0.6 is 0 Å². The maximum absolute atomic E-state index is 12.8. The molecule has 0 spiro atoms. The first-order chi connectivity index (χ1) is 16.8. The average molecular weight is 483 g/mol. The highest BCUT2D eigenvalue weighted by molar-refractivity contribution is 5.91. The lowest BCUT2D eigenvalue weighted by atomic mass is 10.1. The van der Waals surface area contributed by atoms with Crippen molar-refractivity contribution in [3.63, 3.8) is 0 Å². The van der Waals surface area contributed by atoms with Crippen LogP contribution in [0.2, 0.25) is 0 Å². The van der Waals surface area contributed by atoms with Gasteiger partial charge in [-0.1, -0.05) is 12.1 Å². The quantitative estimate of drug-likeness (QED) is 0.475. The summed E-state index contributed by atoms with van der Waals surface area (Å²) in [5.74, 6) is 0.749. The highest BCUT2D eigenvalue weighted by Gasteiger charge is 2.30. The SMILES string of the molecule is O=C(Cn1cnc2nc(-c3ccc(C(F)(F)F)cc3)ncc2c1=O)Nc1ccc2c(c1)OCCO2. The summed E-state index contributed by atoms with van der Waals surface area (Å²) >= 11 is 0. The second-order valence-electron chi connectivity index (χ2n) is 7.59. The molecule has 1 N–H and O–H groups in total. The van der Waals surface area contributed by atoms with Crippen molar-refractivity contribution >= 4 is 22.6 Å². The number of fused-ring (bicyclic) bond motifs is 2. The Bertz CT molecular complexity index is 1490. The zero-order valence-electron chi connectivity index (χ0n) is 17.9. The minimum Gasteiger partial charge on any atom is -0.486 e. The van der Waals surface area contributed by atoms with Crippen LogP contribution in [0, 0.1) is 0 Å². The molecular formula is C23H16F3N5O4. The van der Waals surface area contributed by atoms with E-state index in [0.717, 1.165) is 16.7 Å². The van der Waals surface area contributed by atoms with E-state index < -0.39 is 23.2 Å². The largest absolute Gasteiger partial charge is 0.486 e. The normalized spacial score (nSPS) is 13.0. The summed E-state index contributed by atoms with van der Waals surface area (Å²) in [5, 5.41) is 2.75. The number of hydrogen-bond acceptors (Lipinski definition) is 7. The fraction of sp³-hybridized carbons (Fsp3) is 0.174. The minimum absolute atomic E-state index is 0.0587. The molecule has 4 aromatic rings. The van der Waals surface area contributed by atoms with Gasteiger partial charge in [-0.05, 0) is 24.3 Å². The number of benzene rings is 2. The standard InChI is InChI=1S/C23H16F3N5O4/c24-23(25,26)14-3-1-13(2-4-14)20-27-10-16-21(30-20)28-12-31(22(16)33)11-19(32)29-15-5-6-17-18(9-15)35-8-7-34-17/h1-6,9-10,12H,7-8,11H2,(H,29,32). The molecule has 0 saturated carbocycles. The van der Waals surface area contributed by atoms with E-state index in [9.17, 15) is 22.8 Å². The predicted molar refractivity (Wildman–Crippen MR) is 118 cm³/mol. The van der Waals surface area contributed by atoms with Crippen LogP contribution in [0.3, 0.4) is 0 Å². The molecule has 0 aliphatic carbocycles. The first-order valence-corrected chi connectivity index (χ1v) is 10.4. The Morgan fingerprint density at radius 1 is 1.03 bits per heavy atom. The molecule has 1 aliphatic rings. The number of rotatable bonds is 4. The minimum atomic E-state index is -4.45. The molecule has 3 heterocycles. The van der Waals surface area contributed by atoms with Crippen LogP contribution in [0.4, 0.5) is 18.9 Å². The van der Waals surface area contributed by atoms with Gasteiger partial charge in [0.25, 0.3) is 5.56 Å². The second-order valence-corrected chi connectivity index (χ2v) is 7.59. The Balaban J connectivity index is 1.34. The number of aromatic nitrogens is 4. The van der Waals surface area contributed by atoms with E-state index in [0.29, 0.717) is 36.0 Å². The Hall–Kier alpha value is -4.48. The average Bonchev–Trinajstić information content (AvgIpc) is 2.85. The second kappa shape index (κ2) is 8.70. The third kappa shape index (κ3) is 4.63. The Kier molecular flexibility index (Phi) is 5.55. The fourth-order valence-corrected chi connectivity index (χ4v) is 3.49. The van der Waals surface area contributed by atoms with Crippen LogP contribution in [0.5, 0.6) is 11.5 Å². The van der Waals surface area contributed by atoms with Gasteiger partial charge in [-0.15, -0.1) is 0 Å². The van der Waals surface area contributed by atoms with Crippen molar-refractivity contribution in [2.24, 2.45) is 0 Å². The molecule has 35 heavy (non-hydrogen) atoms. The van der Waals surface area contributed by atoms with E-state index in [-0.39, 0.29) is 23.4 Å². The first-order valence-electron chi connectivity index (χ1n) is 10.4. The topological polar surface area (TPSA) is 108 Å². The van der Waals surface area contributed by atoms with Gasteiger partial charge in [-0.2, -0.15) is 13.2 Å². The molecule has 1 amide bonds. The number of anilines is 1. The third-order valence-electron chi connectivity index (χ3n) is 5.19. The van der Waals surface area contributed by atoms with Crippen LogP contribution < -0.4 is 20.3 Å². The Morgan fingerprint density at radius 2 is 1.77 bits per heavy atom. The molecule has 0 fully saturated rings. The summed E-state index contributed by atoms with van der Waals surface area (Å²) in [6.45, 7) is 0.550. The number of nitrogens with zero attached hydrogens (tertiary/aromatic N) is 4. The zero-order chi connectivity index (χ0) is 24.6. The lowest BCUT2D eigenvalue weighted by Crippen LogP contribution is -2.28. The van der Waals surface area contributed by atoms with Gasteiger partial charge in [0.2, 0.25) is 5.91 Å². The molecule has 2 aromatic heterocycles. The summed E-state index contributed by atoms with van der Waals surface area (Å²) in [6.07, 6.45) is -2.04. The van der Waals surface area contributed by atoms with Crippen molar-refractivity contribution in [3.05, 3.63) is 70.9 Å². The number of nitrogens with one attached hydrogen (secondary N) is 1. The summed E-state index contributed by atoms with van der Waals surface area (Å²) in [7, 11) is 0. The van der Waals surface area contributed by atoms with E-state index in [4.69, 9.17) is 9.47 Å². The number of amides is 1. The maximum Gasteiger partial charge on any atom is 0.416 e. The Morgan fingerprint density at radius 3 is 2.51 bits per heavy atom. The smallest absolute Gasteiger partial charge is 0.416 e. The van der Waals surface area contributed by atoms with Crippen molar-refractivity contribution in [3.8, 4) is 22.9 Å². The molecule has 0 bridgehead atoms. The molecule has 178 valence electrons. The highest BCUT2D eigenvalue weighted by Crippen LogP contribution is 2.33. The van der Waals surface area contributed by atoms with Gasteiger partial charge < -0.3 is 14.8 Å². The Labute approximate surface area is 195 Å². The van der Waals surface area contributed by atoms with Gasteiger partial charge >= 0.3 is 6.18 Å². The van der Waals surface area contributed by atoms with Crippen LogP contribution in [-0.4, -0.2) is 38.6 Å². The third-order valence-corrected chi connectivity index (χ3v) is 5.19. The summed E-state index contributed by atoms with van der Waals surface area (Å²) in [6, 6.07) is 9.30. The van der Waals surface area contributed by atoms with Gasteiger partial charge in [0.15, 0.2) is 23.0 Å². The van der Waals surface area contributed by atoms with Crippen molar-refractivity contribution in [1.29, 1.82) is 0 Å². The van der Waals surface area contributed by atoms with Crippen molar-refractivity contribution in [2.75, 3.05) is 18.5 Å².